The fourth-order valence-electron chi connectivity index (χ4n) is 2.94. The van der Waals surface area contributed by atoms with Crippen molar-refractivity contribution in [2.75, 3.05) is 18.9 Å². The first-order valence-corrected chi connectivity index (χ1v) is 10.0. The van der Waals surface area contributed by atoms with E-state index in [1.807, 2.05) is 56.3 Å². The Balaban J connectivity index is 1.76. The summed E-state index contributed by atoms with van der Waals surface area (Å²) in [6, 6.07) is 18.2. The van der Waals surface area contributed by atoms with Crippen LogP contribution >= 0.6 is 0 Å². The summed E-state index contributed by atoms with van der Waals surface area (Å²) in [5.41, 5.74) is 2.71. The quantitative estimate of drug-likeness (QED) is 0.731. The Morgan fingerprint density at radius 2 is 1.67 bits per heavy atom. The van der Waals surface area contributed by atoms with Gasteiger partial charge in [0.25, 0.3) is 0 Å². The van der Waals surface area contributed by atoms with Crippen molar-refractivity contribution < 1.29 is 13.2 Å². The third-order valence-electron chi connectivity index (χ3n) is 4.45. The molecule has 0 saturated carbocycles. The van der Waals surface area contributed by atoms with Gasteiger partial charge in [-0.1, -0.05) is 48.0 Å². The van der Waals surface area contributed by atoms with Gasteiger partial charge in [0.2, 0.25) is 15.9 Å². The molecule has 0 aliphatic heterocycles. The molecular weight excluding hydrogens is 360 g/mol. The number of likely N-dealkylation sites (N-methyl/N-ethyl adjacent to an activating group) is 1. The van der Waals surface area contributed by atoms with Crippen molar-refractivity contribution in [1.29, 1.82) is 0 Å². The lowest BCUT2D eigenvalue weighted by molar-refractivity contribution is -0.116. The monoisotopic (exact) mass is 382 g/mol. The van der Waals surface area contributed by atoms with Crippen molar-refractivity contribution in [2.24, 2.45) is 0 Å². The Morgan fingerprint density at radius 3 is 2.37 bits per heavy atom. The number of hydrogen-bond donors (Lipinski definition) is 1. The topological polar surface area (TPSA) is 66.5 Å². The van der Waals surface area contributed by atoms with Gasteiger partial charge in [-0.2, -0.15) is 4.31 Å². The number of amides is 1. The van der Waals surface area contributed by atoms with Crippen LogP contribution in [0.5, 0.6) is 0 Å². The van der Waals surface area contributed by atoms with Crippen molar-refractivity contribution in [3.05, 3.63) is 71.8 Å². The zero-order valence-corrected chi connectivity index (χ0v) is 16.4. The Labute approximate surface area is 159 Å². The maximum absolute atomic E-state index is 12.8. The number of carbonyl (C=O) groups is 1. The van der Waals surface area contributed by atoms with E-state index in [1.165, 1.54) is 7.05 Å². The molecule has 0 fully saturated rings. The molecule has 0 unspecified atom stereocenters. The van der Waals surface area contributed by atoms with E-state index in [0.29, 0.717) is 5.69 Å². The second-order valence-electron chi connectivity index (χ2n) is 6.64. The Bertz CT molecular complexity index is 1110. The Kier molecular flexibility index (Phi) is 5.30. The number of nitrogens with zero attached hydrogens (tertiary/aromatic N) is 1. The molecule has 0 spiro atoms. The number of benzene rings is 3. The number of nitrogens with one attached hydrogen (secondary N) is 1. The number of hydrogen-bond acceptors (Lipinski definition) is 3. The van der Waals surface area contributed by atoms with Crippen molar-refractivity contribution >= 4 is 32.4 Å². The lowest BCUT2D eigenvalue weighted by Gasteiger charge is -2.18. The van der Waals surface area contributed by atoms with Crippen LogP contribution in [0.15, 0.2) is 65.6 Å². The van der Waals surface area contributed by atoms with Gasteiger partial charge in [-0.15, -0.1) is 0 Å². The molecule has 0 saturated heterocycles. The van der Waals surface area contributed by atoms with Crippen LogP contribution < -0.4 is 5.32 Å². The van der Waals surface area contributed by atoms with Crippen molar-refractivity contribution in [3.8, 4) is 0 Å². The zero-order valence-electron chi connectivity index (χ0n) is 15.6. The molecule has 1 N–H and O–H groups in total. The highest BCUT2D eigenvalue weighted by Crippen LogP contribution is 2.21. The van der Waals surface area contributed by atoms with Gasteiger partial charge in [0.15, 0.2) is 0 Å². The van der Waals surface area contributed by atoms with E-state index in [1.54, 1.807) is 18.2 Å². The summed E-state index contributed by atoms with van der Waals surface area (Å²) >= 11 is 0. The minimum atomic E-state index is -3.76. The van der Waals surface area contributed by atoms with Gasteiger partial charge >= 0.3 is 0 Å². The molecule has 0 radical (unpaired) electrons. The lowest BCUT2D eigenvalue weighted by atomic mass is 10.1. The number of aryl methyl sites for hydroxylation is 2. The summed E-state index contributed by atoms with van der Waals surface area (Å²) in [4.78, 5) is 12.5. The molecule has 3 aromatic carbocycles. The van der Waals surface area contributed by atoms with Crippen LogP contribution in [0, 0.1) is 13.8 Å². The SMILES string of the molecule is Cc1ccc(NC(=O)CN(C)S(=O)(=O)c2ccc3ccccc3c2)c(C)c1. The first-order valence-electron chi connectivity index (χ1n) is 8.59. The molecule has 0 aliphatic rings. The molecule has 0 aliphatic carbocycles. The van der Waals surface area contributed by atoms with E-state index >= 15 is 0 Å². The number of fused-ring (bicyclic) bond motifs is 1. The second kappa shape index (κ2) is 7.50. The molecule has 140 valence electrons. The van der Waals surface area contributed by atoms with Crippen LogP contribution in [0.1, 0.15) is 11.1 Å². The van der Waals surface area contributed by atoms with Crippen molar-refractivity contribution in [3.63, 3.8) is 0 Å². The van der Waals surface area contributed by atoms with E-state index in [0.717, 1.165) is 26.2 Å². The third kappa shape index (κ3) is 4.18. The smallest absolute Gasteiger partial charge is 0.243 e. The van der Waals surface area contributed by atoms with E-state index in [4.69, 9.17) is 0 Å². The van der Waals surface area contributed by atoms with E-state index < -0.39 is 10.0 Å². The molecule has 5 nitrogen and oxygen atoms in total. The van der Waals surface area contributed by atoms with Gasteiger partial charge in [0.1, 0.15) is 0 Å². The number of carbonyl (C=O) groups excluding carboxylic acids is 1. The first kappa shape index (κ1) is 19.1. The average molecular weight is 382 g/mol. The van der Waals surface area contributed by atoms with Gasteiger partial charge in [-0.25, -0.2) is 8.42 Å². The molecule has 1 amide bonds. The largest absolute Gasteiger partial charge is 0.325 e. The molecule has 3 aromatic rings. The highest BCUT2D eigenvalue weighted by Gasteiger charge is 2.23. The molecule has 0 atom stereocenters. The maximum atomic E-state index is 12.8. The summed E-state index contributed by atoms with van der Waals surface area (Å²) in [7, 11) is -2.35. The van der Waals surface area contributed by atoms with Crippen LogP contribution in [-0.4, -0.2) is 32.2 Å². The summed E-state index contributed by atoms with van der Waals surface area (Å²) < 4.78 is 26.7. The molecule has 0 bridgehead atoms. The standard InChI is InChI=1S/C21H22N2O3S/c1-15-8-11-20(16(2)12-15)22-21(24)14-23(3)27(25,26)19-10-9-17-6-4-5-7-18(17)13-19/h4-13H,14H2,1-3H3,(H,22,24). The number of sulfonamides is 1. The number of rotatable bonds is 5. The molecule has 27 heavy (non-hydrogen) atoms. The van der Waals surface area contributed by atoms with Gasteiger partial charge in [0, 0.05) is 12.7 Å². The van der Waals surface area contributed by atoms with Crippen molar-refractivity contribution in [1.82, 2.24) is 4.31 Å². The molecule has 0 aromatic heterocycles. The number of anilines is 1. The molecule has 3 rings (SSSR count). The first-order chi connectivity index (χ1) is 12.8. The highest BCUT2D eigenvalue weighted by molar-refractivity contribution is 7.89. The second-order valence-corrected chi connectivity index (χ2v) is 8.68. The normalized spacial score (nSPS) is 11.7. The van der Waals surface area contributed by atoms with Gasteiger partial charge < -0.3 is 5.32 Å². The highest BCUT2D eigenvalue weighted by atomic mass is 32.2. The van der Waals surface area contributed by atoms with Crippen LogP contribution in [0.3, 0.4) is 0 Å². The third-order valence-corrected chi connectivity index (χ3v) is 6.25. The Morgan fingerprint density at radius 1 is 0.963 bits per heavy atom. The Hall–Kier alpha value is -2.70. The maximum Gasteiger partial charge on any atom is 0.243 e. The van der Waals surface area contributed by atoms with E-state index in [2.05, 4.69) is 5.32 Å². The lowest BCUT2D eigenvalue weighted by Crippen LogP contribution is -2.35. The van der Waals surface area contributed by atoms with Crippen LogP contribution in [0.25, 0.3) is 10.8 Å². The van der Waals surface area contributed by atoms with Gasteiger partial charge in [-0.05, 0) is 48.4 Å². The minimum Gasteiger partial charge on any atom is -0.325 e. The summed E-state index contributed by atoms with van der Waals surface area (Å²) in [6.45, 7) is 3.61. The summed E-state index contributed by atoms with van der Waals surface area (Å²) in [6.07, 6.45) is 0. The van der Waals surface area contributed by atoms with E-state index in [9.17, 15) is 13.2 Å². The summed E-state index contributed by atoms with van der Waals surface area (Å²) in [5.74, 6) is -0.381. The fourth-order valence-corrected chi connectivity index (χ4v) is 4.10. The van der Waals surface area contributed by atoms with Crippen LogP contribution in [-0.2, 0) is 14.8 Å². The predicted octanol–water partition coefficient (Wildman–Crippen LogP) is 3.72. The minimum absolute atomic E-state index is 0.169. The summed E-state index contributed by atoms with van der Waals surface area (Å²) in [5, 5.41) is 4.58. The van der Waals surface area contributed by atoms with Crippen LogP contribution in [0.2, 0.25) is 0 Å². The zero-order chi connectivity index (χ0) is 19.6. The van der Waals surface area contributed by atoms with E-state index in [-0.39, 0.29) is 17.3 Å². The van der Waals surface area contributed by atoms with Crippen molar-refractivity contribution in [2.45, 2.75) is 18.7 Å². The predicted molar refractivity (Wildman–Crippen MR) is 108 cm³/mol. The average Bonchev–Trinajstić information content (AvgIpc) is 2.63. The van der Waals surface area contributed by atoms with Gasteiger partial charge in [0.05, 0.1) is 11.4 Å². The molecule has 6 heteroatoms. The molecular formula is C21H22N2O3S. The molecule has 0 heterocycles. The fraction of sp³-hybridized carbons (Fsp3) is 0.190. The van der Waals surface area contributed by atoms with Crippen LogP contribution in [0.4, 0.5) is 5.69 Å². The van der Waals surface area contributed by atoms with Gasteiger partial charge in [-0.3, -0.25) is 4.79 Å².